The molecule has 20 heavy (non-hydrogen) atoms. The quantitative estimate of drug-likeness (QED) is 0.673. The first kappa shape index (κ1) is 14.5. The second-order valence-electron chi connectivity index (χ2n) is 4.36. The molecule has 102 valence electrons. The number of rotatable bonds is 5. The van der Waals surface area contributed by atoms with Gasteiger partial charge in [0.25, 0.3) is 0 Å². The molecule has 2 aromatic rings. The van der Waals surface area contributed by atoms with E-state index < -0.39 is 16.7 Å². The van der Waals surface area contributed by atoms with Crippen LogP contribution in [0, 0.1) is 0 Å². The van der Waals surface area contributed by atoms with Gasteiger partial charge in [-0.3, -0.25) is 9.59 Å². The van der Waals surface area contributed by atoms with Crippen LogP contribution < -0.4 is 0 Å². The van der Waals surface area contributed by atoms with Gasteiger partial charge in [-0.2, -0.15) is 0 Å². The molecule has 2 rings (SSSR count). The van der Waals surface area contributed by atoms with Crippen molar-refractivity contribution in [2.24, 2.45) is 0 Å². The van der Waals surface area contributed by atoms with Crippen LogP contribution in [0.15, 0.2) is 60.7 Å². The highest BCUT2D eigenvalue weighted by Crippen LogP contribution is 2.28. The van der Waals surface area contributed by atoms with Crippen molar-refractivity contribution in [1.82, 2.24) is 0 Å². The summed E-state index contributed by atoms with van der Waals surface area (Å²) in [4.78, 5) is 23.0. The second-order valence-corrected chi connectivity index (χ2v) is 5.35. The van der Waals surface area contributed by atoms with Gasteiger partial charge in [0.2, 0.25) is 0 Å². The van der Waals surface area contributed by atoms with Crippen molar-refractivity contribution >= 4 is 27.7 Å². The van der Waals surface area contributed by atoms with E-state index in [4.69, 9.17) is 0 Å². The molecule has 0 saturated heterocycles. The Labute approximate surface area is 125 Å². The number of carbonyl (C=O) groups excluding carboxylic acids is 1. The van der Waals surface area contributed by atoms with Gasteiger partial charge in [-0.1, -0.05) is 76.6 Å². The summed E-state index contributed by atoms with van der Waals surface area (Å²) in [5.74, 6) is -2.17. The number of benzene rings is 2. The summed E-state index contributed by atoms with van der Waals surface area (Å²) >= 11 is 3.25. The predicted molar refractivity (Wildman–Crippen MR) is 80.3 cm³/mol. The first-order chi connectivity index (χ1) is 9.61. The smallest absolute Gasteiger partial charge is 0.312 e. The van der Waals surface area contributed by atoms with Crippen molar-refractivity contribution < 1.29 is 14.7 Å². The monoisotopic (exact) mass is 332 g/mol. The third-order valence-electron chi connectivity index (χ3n) is 3.03. The van der Waals surface area contributed by atoms with Gasteiger partial charge >= 0.3 is 5.97 Å². The number of carbonyl (C=O) groups is 2. The van der Waals surface area contributed by atoms with E-state index in [1.165, 1.54) is 0 Å². The molecule has 0 bridgehead atoms. The maximum absolute atomic E-state index is 12.4. The molecule has 0 fully saturated rings. The minimum Gasteiger partial charge on any atom is -0.481 e. The normalized spacial score (nSPS) is 13.4. The molecule has 3 nitrogen and oxygen atoms in total. The van der Waals surface area contributed by atoms with Gasteiger partial charge < -0.3 is 5.11 Å². The molecule has 2 aromatic carbocycles. The molecule has 0 saturated carbocycles. The zero-order valence-electron chi connectivity index (χ0n) is 10.6. The van der Waals surface area contributed by atoms with Crippen molar-refractivity contribution in [2.75, 3.05) is 0 Å². The zero-order chi connectivity index (χ0) is 14.5. The van der Waals surface area contributed by atoms with Crippen LogP contribution >= 0.6 is 15.9 Å². The van der Waals surface area contributed by atoms with E-state index in [1.807, 2.05) is 12.1 Å². The molecule has 0 spiro atoms. The van der Waals surface area contributed by atoms with Gasteiger partial charge in [-0.25, -0.2) is 0 Å². The fraction of sp³-hybridized carbons (Fsp3) is 0.125. The molecular formula is C16H13BrO3. The number of ketones is 1. The summed E-state index contributed by atoms with van der Waals surface area (Å²) in [6.45, 7) is 0. The maximum Gasteiger partial charge on any atom is 0.312 e. The first-order valence-electron chi connectivity index (χ1n) is 6.12. The van der Waals surface area contributed by atoms with E-state index in [2.05, 4.69) is 15.9 Å². The molecule has 1 N–H and O–H groups in total. The minimum absolute atomic E-state index is 0.234. The molecule has 4 heteroatoms. The zero-order valence-corrected chi connectivity index (χ0v) is 12.2. The second kappa shape index (κ2) is 6.48. The van der Waals surface area contributed by atoms with Crippen LogP contribution in [0.1, 0.15) is 21.8 Å². The van der Waals surface area contributed by atoms with Crippen LogP contribution in [0.4, 0.5) is 0 Å². The lowest BCUT2D eigenvalue weighted by atomic mass is 9.91. The van der Waals surface area contributed by atoms with E-state index in [-0.39, 0.29) is 5.78 Å². The van der Waals surface area contributed by atoms with Crippen LogP contribution in [-0.2, 0) is 4.79 Å². The van der Waals surface area contributed by atoms with Gasteiger partial charge in [0.1, 0.15) is 5.92 Å². The molecule has 2 atom stereocenters. The summed E-state index contributed by atoms with van der Waals surface area (Å²) in [6, 6.07) is 17.4. The lowest BCUT2D eigenvalue weighted by Crippen LogP contribution is -2.28. The van der Waals surface area contributed by atoms with Gasteiger partial charge in [0.05, 0.1) is 4.83 Å². The van der Waals surface area contributed by atoms with Gasteiger partial charge in [0.15, 0.2) is 5.78 Å². The Morgan fingerprint density at radius 3 is 1.90 bits per heavy atom. The SMILES string of the molecule is O=C(c1ccccc1)[C@H](Br)[C@@H](C(=O)O)c1ccccc1. The Morgan fingerprint density at radius 2 is 1.40 bits per heavy atom. The Bertz CT molecular complexity index is 596. The summed E-state index contributed by atoms with van der Waals surface area (Å²) in [6.07, 6.45) is 0. The molecule has 0 heterocycles. The van der Waals surface area contributed by atoms with E-state index >= 15 is 0 Å². The number of aliphatic carboxylic acids is 1. The Hall–Kier alpha value is -1.94. The number of carboxylic acids is 1. The fourth-order valence-electron chi connectivity index (χ4n) is 2.01. The van der Waals surface area contributed by atoms with Crippen LogP contribution in [0.5, 0.6) is 0 Å². The molecule has 0 unspecified atom stereocenters. The molecule has 0 aromatic heterocycles. The van der Waals surface area contributed by atoms with Crippen LogP contribution in [0.2, 0.25) is 0 Å². The number of hydrogen-bond donors (Lipinski definition) is 1. The third-order valence-corrected chi connectivity index (χ3v) is 3.97. The maximum atomic E-state index is 12.4. The molecular weight excluding hydrogens is 320 g/mol. The van der Waals surface area contributed by atoms with Gasteiger partial charge in [0, 0.05) is 5.56 Å². The molecule has 0 radical (unpaired) electrons. The van der Waals surface area contributed by atoms with Crippen molar-refractivity contribution in [3.8, 4) is 0 Å². The Morgan fingerprint density at radius 1 is 0.900 bits per heavy atom. The average molecular weight is 333 g/mol. The van der Waals surface area contributed by atoms with Crippen LogP contribution in [0.3, 0.4) is 0 Å². The molecule has 0 aliphatic carbocycles. The Balaban J connectivity index is 2.31. The van der Waals surface area contributed by atoms with E-state index in [0.29, 0.717) is 11.1 Å². The first-order valence-corrected chi connectivity index (χ1v) is 7.04. The standard InChI is InChI=1S/C16H13BrO3/c17-14(15(18)12-9-5-2-6-10-12)13(16(19)20)11-7-3-1-4-8-11/h1-10,13-14H,(H,19,20)/t13-,14+/m0/s1. The number of halogens is 1. The molecule has 0 aliphatic rings. The van der Waals surface area contributed by atoms with Crippen molar-refractivity contribution in [3.05, 3.63) is 71.8 Å². The molecule has 0 aliphatic heterocycles. The number of alkyl halides is 1. The minimum atomic E-state index is -1.03. The molecule has 0 amide bonds. The third kappa shape index (κ3) is 3.14. The fourth-order valence-corrected chi connectivity index (χ4v) is 2.81. The van der Waals surface area contributed by atoms with E-state index in [1.54, 1.807) is 48.5 Å². The van der Waals surface area contributed by atoms with E-state index in [0.717, 1.165) is 0 Å². The highest BCUT2D eigenvalue weighted by Gasteiger charge is 2.33. The van der Waals surface area contributed by atoms with Crippen LogP contribution in [0.25, 0.3) is 0 Å². The highest BCUT2D eigenvalue weighted by molar-refractivity contribution is 9.10. The average Bonchev–Trinajstić information content (AvgIpc) is 2.48. The number of hydrogen-bond acceptors (Lipinski definition) is 2. The van der Waals surface area contributed by atoms with E-state index in [9.17, 15) is 14.7 Å². The summed E-state index contributed by atoms with van der Waals surface area (Å²) in [5.41, 5.74) is 1.10. The van der Waals surface area contributed by atoms with Crippen molar-refractivity contribution in [3.63, 3.8) is 0 Å². The largest absolute Gasteiger partial charge is 0.481 e. The summed E-state index contributed by atoms with van der Waals surface area (Å²) < 4.78 is 0. The van der Waals surface area contributed by atoms with Crippen molar-refractivity contribution in [2.45, 2.75) is 10.7 Å². The number of carboxylic acid groups (broad SMARTS) is 1. The Kier molecular flexibility index (Phi) is 4.69. The highest BCUT2D eigenvalue weighted by atomic mass is 79.9. The van der Waals surface area contributed by atoms with Gasteiger partial charge in [-0.15, -0.1) is 0 Å². The lowest BCUT2D eigenvalue weighted by molar-refractivity contribution is -0.138. The summed E-state index contributed by atoms with van der Waals surface area (Å²) in [7, 11) is 0. The predicted octanol–water partition coefficient (Wildman–Crippen LogP) is 3.50. The number of Topliss-reactive ketones (excluding diaryl/α,β-unsaturated/α-hetero) is 1. The van der Waals surface area contributed by atoms with Crippen molar-refractivity contribution in [1.29, 1.82) is 0 Å². The van der Waals surface area contributed by atoms with Gasteiger partial charge in [-0.05, 0) is 5.56 Å². The lowest BCUT2D eigenvalue weighted by Gasteiger charge is -2.18. The van der Waals surface area contributed by atoms with Crippen LogP contribution in [-0.4, -0.2) is 21.7 Å². The topological polar surface area (TPSA) is 54.4 Å². The summed E-state index contributed by atoms with van der Waals surface area (Å²) in [5, 5.41) is 9.41.